The van der Waals surface area contributed by atoms with E-state index >= 15 is 0 Å². The molecule has 0 aromatic carbocycles. The van der Waals surface area contributed by atoms with Crippen molar-refractivity contribution in [2.45, 2.75) is 51.0 Å². The molecule has 0 amide bonds. The molecule has 13 heavy (non-hydrogen) atoms. The fourth-order valence-electron chi connectivity index (χ4n) is 1.96. The molecule has 4 heteroatoms. The lowest BCUT2D eigenvalue weighted by Gasteiger charge is -2.31. The summed E-state index contributed by atoms with van der Waals surface area (Å²) in [5.74, 6) is 0. The normalized spacial score (nSPS) is 39.5. The average Bonchev–Trinajstić information content (AvgIpc) is 2.27. The third kappa shape index (κ3) is 2.53. The van der Waals surface area contributed by atoms with Gasteiger partial charge in [0.15, 0.2) is 14.6 Å². The maximum absolute atomic E-state index is 6.04. The second-order valence-corrected chi connectivity index (χ2v) is 9.31. The molecule has 0 radical (unpaired) electrons. The van der Waals surface area contributed by atoms with Crippen molar-refractivity contribution in [2.24, 2.45) is 0 Å². The minimum Gasteiger partial charge on any atom is -0.414 e. The van der Waals surface area contributed by atoms with Crippen LogP contribution < -0.4 is 0 Å². The summed E-state index contributed by atoms with van der Waals surface area (Å²) in [5, 5.41) is 0. The van der Waals surface area contributed by atoms with Crippen LogP contribution in [0, 0.1) is 0 Å². The Kier molecular flexibility index (Phi) is 2.48. The molecule has 0 aromatic rings. The largest absolute Gasteiger partial charge is 0.414 e. The molecule has 2 aliphatic rings. The van der Waals surface area contributed by atoms with E-state index in [2.05, 4.69) is 19.6 Å². The van der Waals surface area contributed by atoms with Crippen molar-refractivity contribution in [2.75, 3.05) is 6.61 Å². The van der Waals surface area contributed by atoms with E-state index in [1.807, 2.05) is 0 Å². The quantitative estimate of drug-likeness (QED) is 0.638. The Morgan fingerprint density at radius 1 is 1.23 bits per heavy atom. The molecule has 2 heterocycles. The monoisotopic (exact) mass is 202 g/mol. The van der Waals surface area contributed by atoms with Crippen LogP contribution in [0.3, 0.4) is 0 Å². The number of ether oxygens (including phenoxy) is 2. The highest BCUT2D eigenvalue weighted by molar-refractivity contribution is 6.69. The molecular formula is C9H18O3Si. The van der Waals surface area contributed by atoms with Crippen molar-refractivity contribution in [1.29, 1.82) is 0 Å². The van der Waals surface area contributed by atoms with Crippen molar-refractivity contribution in [3.8, 4) is 0 Å². The van der Waals surface area contributed by atoms with Crippen LogP contribution in [-0.2, 0) is 13.9 Å². The summed E-state index contributed by atoms with van der Waals surface area (Å²) in [7, 11) is -1.39. The minimum atomic E-state index is -1.39. The third-order valence-electron chi connectivity index (χ3n) is 2.31. The van der Waals surface area contributed by atoms with Crippen LogP contribution in [0.1, 0.15) is 12.8 Å². The van der Waals surface area contributed by atoms with Gasteiger partial charge < -0.3 is 13.9 Å². The number of hydrogen-bond donors (Lipinski definition) is 0. The summed E-state index contributed by atoms with van der Waals surface area (Å²) >= 11 is 0. The van der Waals surface area contributed by atoms with Crippen molar-refractivity contribution >= 4 is 8.32 Å². The number of fused-ring (bicyclic) bond motifs is 2. The highest BCUT2D eigenvalue weighted by Crippen LogP contribution is 2.30. The van der Waals surface area contributed by atoms with Crippen LogP contribution in [0.4, 0.5) is 0 Å². The van der Waals surface area contributed by atoms with Crippen LogP contribution in [0.5, 0.6) is 0 Å². The van der Waals surface area contributed by atoms with Crippen molar-refractivity contribution in [3.63, 3.8) is 0 Å². The van der Waals surface area contributed by atoms with Crippen molar-refractivity contribution < 1.29 is 13.9 Å². The van der Waals surface area contributed by atoms with Crippen LogP contribution in [0.15, 0.2) is 0 Å². The van der Waals surface area contributed by atoms with Gasteiger partial charge in [-0.25, -0.2) is 0 Å². The molecule has 3 atom stereocenters. The van der Waals surface area contributed by atoms with Gasteiger partial charge in [-0.2, -0.15) is 0 Å². The van der Waals surface area contributed by atoms with Crippen LogP contribution in [-0.4, -0.2) is 33.4 Å². The zero-order valence-electron chi connectivity index (χ0n) is 8.58. The van der Waals surface area contributed by atoms with Gasteiger partial charge in [0.25, 0.3) is 0 Å². The van der Waals surface area contributed by atoms with E-state index in [1.165, 1.54) is 0 Å². The first kappa shape index (κ1) is 9.64. The summed E-state index contributed by atoms with van der Waals surface area (Å²) in [6, 6.07) is 0. The zero-order valence-corrected chi connectivity index (χ0v) is 9.58. The molecule has 76 valence electrons. The van der Waals surface area contributed by atoms with E-state index < -0.39 is 8.32 Å². The van der Waals surface area contributed by atoms with E-state index in [1.54, 1.807) is 0 Å². The van der Waals surface area contributed by atoms with Crippen LogP contribution in [0.25, 0.3) is 0 Å². The lowest BCUT2D eigenvalue weighted by atomic mass is 10.1. The minimum absolute atomic E-state index is 0.0140. The molecule has 0 aromatic heterocycles. The van der Waals surface area contributed by atoms with Gasteiger partial charge in [-0.15, -0.1) is 0 Å². The second-order valence-electron chi connectivity index (χ2n) is 4.84. The van der Waals surface area contributed by atoms with Gasteiger partial charge in [0, 0.05) is 12.8 Å². The van der Waals surface area contributed by atoms with Crippen LogP contribution in [0.2, 0.25) is 19.6 Å². The highest BCUT2D eigenvalue weighted by Gasteiger charge is 2.37. The SMILES string of the molecule is C[Si](C)(C)O[C@H]1C[C@H]2CO[C@@H](C1)O2. The number of rotatable bonds is 2. The van der Waals surface area contributed by atoms with Gasteiger partial charge in [0.05, 0.1) is 18.8 Å². The standard InChI is InChI=1S/C9H18O3Si/c1-13(2,3)12-7-4-8-6-10-9(5-7)11-8/h7-9H,4-6H2,1-3H3/t7-,8-,9+/m0/s1. The molecule has 3 nitrogen and oxygen atoms in total. The Labute approximate surface area is 80.5 Å². The molecule has 0 unspecified atom stereocenters. The molecule has 2 aliphatic heterocycles. The molecule has 0 spiro atoms. The summed E-state index contributed by atoms with van der Waals surface area (Å²) in [6.07, 6.45) is 2.61. The summed E-state index contributed by atoms with van der Waals surface area (Å²) < 4.78 is 17.0. The van der Waals surface area contributed by atoms with Crippen molar-refractivity contribution in [3.05, 3.63) is 0 Å². The van der Waals surface area contributed by atoms with E-state index in [0.29, 0.717) is 12.2 Å². The maximum atomic E-state index is 6.04. The Morgan fingerprint density at radius 3 is 2.62 bits per heavy atom. The predicted molar refractivity (Wildman–Crippen MR) is 52.1 cm³/mol. The highest BCUT2D eigenvalue weighted by atomic mass is 28.4. The van der Waals surface area contributed by atoms with Crippen molar-refractivity contribution in [1.82, 2.24) is 0 Å². The molecule has 2 fully saturated rings. The van der Waals surface area contributed by atoms with Gasteiger partial charge in [0.2, 0.25) is 0 Å². The van der Waals surface area contributed by atoms with Crippen LogP contribution >= 0.6 is 0 Å². The van der Waals surface area contributed by atoms with Gasteiger partial charge in [0.1, 0.15) is 0 Å². The smallest absolute Gasteiger partial charge is 0.184 e. The van der Waals surface area contributed by atoms with Gasteiger partial charge in [-0.3, -0.25) is 0 Å². The summed E-state index contributed by atoms with van der Waals surface area (Å²) in [6.45, 7) is 7.44. The van der Waals surface area contributed by atoms with E-state index in [0.717, 1.165) is 19.4 Å². The average molecular weight is 202 g/mol. The van der Waals surface area contributed by atoms with Gasteiger partial charge in [-0.05, 0) is 19.6 Å². The first-order chi connectivity index (χ1) is 6.03. The Bertz CT molecular complexity index is 178. The summed E-state index contributed by atoms with van der Waals surface area (Å²) in [5.41, 5.74) is 0. The molecule has 2 saturated heterocycles. The molecule has 0 aliphatic carbocycles. The van der Waals surface area contributed by atoms with E-state index in [-0.39, 0.29) is 6.29 Å². The summed E-state index contributed by atoms with van der Waals surface area (Å²) in [4.78, 5) is 0. The molecule has 0 saturated carbocycles. The van der Waals surface area contributed by atoms with Gasteiger partial charge >= 0.3 is 0 Å². The van der Waals surface area contributed by atoms with E-state index in [4.69, 9.17) is 13.9 Å². The molecule has 2 bridgehead atoms. The zero-order chi connectivity index (χ0) is 9.47. The Hall–Kier alpha value is 0.0969. The fourth-order valence-corrected chi connectivity index (χ4v) is 3.15. The molecule has 0 N–H and O–H groups in total. The molecule has 2 rings (SSSR count). The maximum Gasteiger partial charge on any atom is 0.184 e. The lowest BCUT2D eigenvalue weighted by Crippen LogP contribution is -2.38. The second kappa shape index (κ2) is 3.35. The Morgan fingerprint density at radius 2 is 2.00 bits per heavy atom. The Balaban J connectivity index is 1.88. The lowest BCUT2D eigenvalue weighted by molar-refractivity contribution is -0.112. The van der Waals surface area contributed by atoms with E-state index in [9.17, 15) is 0 Å². The fraction of sp³-hybridized carbons (Fsp3) is 1.00. The van der Waals surface area contributed by atoms with Gasteiger partial charge in [-0.1, -0.05) is 0 Å². The predicted octanol–water partition coefficient (Wildman–Crippen LogP) is 1.74. The topological polar surface area (TPSA) is 27.7 Å². The first-order valence-electron chi connectivity index (χ1n) is 4.98. The number of hydrogen-bond acceptors (Lipinski definition) is 3. The first-order valence-corrected chi connectivity index (χ1v) is 8.39. The molecular weight excluding hydrogens is 184 g/mol. The third-order valence-corrected chi connectivity index (χ3v) is 3.35.